The van der Waals surface area contributed by atoms with Gasteiger partial charge in [0.15, 0.2) is 0 Å². The monoisotopic (exact) mass is 482 g/mol. The Morgan fingerprint density at radius 2 is 2.03 bits per heavy atom. The number of imidazole rings is 1. The number of amides is 2. The summed E-state index contributed by atoms with van der Waals surface area (Å²) in [6, 6.07) is 7.84. The molecule has 0 saturated carbocycles. The van der Waals surface area contributed by atoms with E-state index in [0.29, 0.717) is 36.1 Å². The van der Waals surface area contributed by atoms with Gasteiger partial charge >= 0.3 is 6.09 Å². The summed E-state index contributed by atoms with van der Waals surface area (Å²) in [7, 11) is 1.33. The summed E-state index contributed by atoms with van der Waals surface area (Å²) in [5.41, 5.74) is 2.24. The molecule has 35 heavy (non-hydrogen) atoms. The van der Waals surface area contributed by atoms with Gasteiger partial charge in [0.05, 0.1) is 19.2 Å². The molecule has 5 rings (SSSR count). The van der Waals surface area contributed by atoms with E-state index in [2.05, 4.69) is 25.2 Å². The van der Waals surface area contributed by atoms with Crippen molar-refractivity contribution in [3.63, 3.8) is 0 Å². The summed E-state index contributed by atoms with van der Waals surface area (Å²) in [6.07, 6.45) is -0.299. The van der Waals surface area contributed by atoms with Crippen molar-refractivity contribution in [3.05, 3.63) is 65.4 Å². The third-order valence-corrected chi connectivity index (χ3v) is 5.87. The predicted octanol–water partition coefficient (Wildman–Crippen LogP) is 4.05. The van der Waals surface area contributed by atoms with Gasteiger partial charge in [0.2, 0.25) is 11.7 Å². The summed E-state index contributed by atoms with van der Waals surface area (Å²) in [4.78, 5) is 34.5. The number of pyridine rings is 1. The van der Waals surface area contributed by atoms with Crippen LogP contribution < -0.4 is 5.32 Å². The third-order valence-electron chi connectivity index (χ3n) is 5.87. The fourth-order valence-electron chi connectivity index (χ4n) is 3.81. The van der Waals surface area contributed by atoms with Crippen LogP contribution in [0.2, 0.25) is 0 Å². The lowest BCUT2D eigenvalue weighted by Crippen LogP contribution is -2.48. The van der Waals surface area contributed by atoms with Crippen LogP contribution >= 0.6 is 0 Å². The largest absolute Gasteiger partial charge is 0.453 e. The van der Waals surface area contributed by atoms with E-state index in [0.717, 1.165) is 5.56 Å². The number of aryl methyl sites for hydroxylation is 1. The van der Waals surface area contributed by atoms with Gasteiger partial charge in [0.25, 0.3) is 12.3 Å². The number of halogens is 2. The van der Waals surface area contributed by atoms with Gasteiger partial charge in [-0.05, 0) is 30.7 Å². The molecule has 0 atom stereocenters. The fourth-order valence-corrected chi connectivity index (χ4v) is 3.81. The van der Waals surface area contributed by atoms with E-state index in [1.807, 2.05) is 13.0 Å². The maximum absolute atomic E-state index is 12.9. The Bertz CT molecular complexity index is 1430. The van der Waals surface area contributed by atoms with Crippen LogP contribution in [0.1, 0.15) is 39.8 Å². The molecule has 1 aliphatic rings. The maximum atomic E-state index is 12.9. The number of anilines is 1. The fraction of sp³-hybridized carbons (Fsp3) is 0.261. The van der Waals surface area contributed by atoms with E-state index in [9.17, 15) is 18.4 Å². The highest BCUT2D eigenvalue weighted by atomic mass is 19.3. The van der Waals surface area contributed by atoms with Crippen molar-refractivity contribution in [1.29, 1.82) is 0 Å². The van der Waals surface area contributed by atoms with Crippen LogP contribution in [0.5, 0.6) is 0 Å². The highest BCUT2D eigenvalue weighted by Crippen LogP contribution is 2.29. The lowest BCUT2D eigenvalue weighted by Gasteiger charge is -2.35. The lowest BCUT2D eigenvalue weighted by molar-refractivity contribution is 0.0804. The standard InChI is InChI=1S/C23H20F2N6O4/c1-12-3-4-14(20-28-22(35-29-20)15-10-30(11-15)23(33)34-2)7-16(12)27-21(32)17-9-26-18-8-13(19(24)25)5-6-31(17)18/h3-9,15,19H,10-11H2,1-2H3,(H,27,32). The topological polar surface area (TPSA) is 115 Å². The first-order chi connectivity index (χ1) is 16.8. The Morgan fingerprint density at radius 1 is 1.23 bits per heavy atom. The van der Waals surface area contributed by atoms with Gasteiger partial charge in [-0.1, -0.05) is 17.3 Å². The molecule has 3 aromatic heterocycles. The molecule has 1 saturated heterocycles. The van der Waals surface area contributed by atoms with Gasteiger partial charge in [0, 0.05) is 36.1 Å². The number of rotatable bonds is 5. The number of hydrogen-bond acceptors (Lipinski definition) is 7. The number of fused-ring (bicyclic) bond motifs is 1. The first-order valence-electron chi connectivity index (χ1n) is 10.7. The van der Waals surface area contributed by atoms with Gasteiger partial charge in [-0.25, -0.2) is 18.6 Å². The molecule has 0 bridgehead atoms. The zero-order valence-electron chi connectivity index (χ0n) is 18.7. The number of carbonyl (C=O) groups is 2. The molecule has 1 N–H and O–H groups in total. The summed E-state index contributed by atoms with van der Waals surface area (Å²) in [5.74, 6) is 0.246. The zero-order chi connectivity index (χ0) is 24.7. The van der Waals surface area contributed by atoms with Crippen molar-refractivity contribution >= 4 is 23.3 Å². The van der Waals surface area contributed by atoms with E-state index < -0.39 is 18.4 Å². The molecular weight excluding hydrogens is 462 g/mol. The number of alkyl halides is 2. The summed E-state index contributed by atoms with van der Waals surface area (Å²) in [6.45, 7) is 2.70. The number of carbonyl (C=O) groups excluding carboxylic acids is 2. The Morgan fingerprint density at radius 3 is 2.77 bits per heavy atom. The van der Waals surface area contributed by atoms with Crippen LogP contribution in [0.15, 0.2) is 47.2 Å². The minimum atomic E-state index is -2.62. The van der Waals surface area contributed by atoms with Crippen LogP contribution in [0.3, 0.4) is 0 Å². The molecule has 0 unspecified atom stereocenters. The van der Waals surface area contributed by atoms with Gasteiger partial charge in [-0.15, -0.1) is 0 Å². The highest BCUT2D eigenvalue weighted by Gasteiger charge is 2.36. The molecule has 0 spiro atoms. The molecule has 4 heterocycles. The Balaban J connectivity index is 1.33. The molecule has 2 amide bonds. The number of benzene rings is 1. The third kappa shape index (κ3) is 4.18. The van der Waals surface area contributed by atoms with E-state index >= 15 is 0 Å². The van der Waals surface area contributed by atoms with Crippen molar-refractivity contribution in [3.8, 4) is 11.4 Å². The summed E-state index contributed by atoms with van der Waals surface area (Å²) < 4.78 is 37.4. The number of aromatic nitrogens is 4. The Hall–Kier alpha value is -4.35. The second kappa shape index (κ2) is 8.78. The number of methoxy groups -OCH3 is 1. The SMILES string of the molecule is COC(=O)N1CC(c2nc(-c3ccc(C)c(NC(=O)c4cnc5cc(C(F)F)ccn45)c3)no2)C1. The summed E-state index contributed by atoms with van der Waals surface area (Å²) in [5, 5.41) is 6.87. The Kier molecular flexibility index (Phi) is 5.63. The number of ether oxygens (including phenoxy) is 1. The number of nitrogens with one attached hydrogen (secondary N) is 1. The minimum Gasteiger partial charge on any atom is -0.453 e. The van der Waals surface area contributed by atoms with Gasteiger partial charge in [-0.2, -0.15) is 4.98 Å². The van der Waals surface area contributed by atoms with Crippen LogP contribution in [-0.4, -0.2) is 56.6 Å². The molecule has 0 radical (unpaired) electrons. The second-order valence-electron chi connectivity index (χ2n) is 8.14. The average molecular weight is 482 g/mol. The van der Waals surface area contributed by atoms with Crippen molar-refractivity contribution in [2.45, 2.75) is 19.3 Å². The van der Waals surface area contributed by atoms with Crippen LogP contribution in [-0.2, 0) is 4.74 Å². The smallest absolute Gasteiger partial charge is 0.409 e. The first kappa shape index (κ1) is 22.4. The van der Waals surface area contributed by atoms with E-state index in [1.165, 1.54) is 40.9 Å². The quantitative estimate of drug-likeness (QED) is 0.456. The molecule has 4 aromatic rings. The van der Waals surface area contributed by atoms with Crippen LogP contribution in [0.4, 0.5) is 19.3 Å². The molecule has 1 fully saturated rings. The number of likely N-dealkylation sites (tertiary alicyclic amines) is 1. The molecule has 12 heteroatoms. The lowest BCUT2D eigenvalue weighted by atomic mass is 10.0. The van der Waals surface area contributed by atoms with E-state index in [1.54, 1.807) is 12.1 Å². The van der Waals surface area contributed by atoms with Crippen LogP contribution in [0.25, 0.3) is 17.0 Å². The molecule has 1 aromatic carbocycles. The first-order valence-corrected chi connectivity index (χ1v) is 10.7. The van der Waals surface area contributed by atoms with Gasteiger partial charge in [0.1, 0.15) is 11.3 Å². The van der Waals surface area contributed by atoms with Crippen molar-refractivity contribution in [1.82, 2.24) is 24.4 Å². The molecule has 10 nitrogen and oxygen atoms in total. The Labute approximate surface area is 197 Å². The summed E-state index contributed by atoms with van der Waals surface area (Å²) >= 11 is 0. The predicted molar refractivity (Wildman–Crippen MR) is 119 cm³/mol. The molecular formula is C23H20F2N6O4. The van der Waals surface area contributed by atoms with Crippen molar-refractivity contribution < 1.29 is 27.6 Å². The van der Waals surface area contributed by atoms with Gasteiger partial charge < -0.3 is 19.5 Å². The van der Waals surface area contributed by atoms with E-state index in [4.69, 9.17) is 4.52 Å². The number of nitrogens with zero attached hydrogens (tertiary/aromatic N) is 5. The van der Waals surface area contributed by atoms with E-state index in [-0.39, 0.29) is 22.8 Å². The van der Waals surface area contributed by atoms with Crippen molar-refractivity contribution in [2.75, 3.05) is 25.5 Å². The average Bonchev–Trinajstić information content (AvgIpc) is 3.46. The normalized spacial score (nSPS) is 13.8. The zero-order valence-corrected chi connectivity index (χ0v) is 18.7. The molecule has 0 aliphatic carbocycles. The minimum absolute atomic E-state index is 0.0688. The maximum Gasteiger partial charge on any atom is 0.409 e. The van der Waals surface area contributed by atoms with Crippen molar-refractivity contribution in [2.24, 2.45) is 0 Å². The van der Waals surface area contributed by atoms with Crippen LogP contribution in [0, 0.1) is 6.92 Å². The second-order valence-corrected chi connectivity index (χ2v) is 8.14. The molecule has 180 valence electrons. The highest BCUT2D eigenvalue weighted by molar-refractivity contribution is 6.04. The number of hydrogen-bond donors (Lipinski definition) is 1. The van der Waals surface area contributed by atoms with Gasteiger partial charge in [-0.3, -0.25) is 9.20 Å². The molecule has 1 aliphatic heterocycles.